The van der Waals surface area contributed by atoms with Gasteiger partial charge in [0.25, 0.3) is 0 Å². The van der Waals surface area contributed by atoms with Crippen LogP contribution in [0.2, 0.25) is 0 Å². The van der Waals surface area contributed by atoms with E-state index in [9.17, 15) is 0 Å². The van der Waals surface area contributed by atoms with Gasteiger partial charge in [-0.3, -0.25) is 0 Å². The Labute approximate surface area is 127 Å². The number of thiol groups is 6. The van der Waals surface area contributed by atoms with Crippen molar-refractivity contribution in [3.63, 3.8) is 0 Å². The standard InChI is InChI=1S/C9H20S6/c10-2-6(3-11)8(14)1-9(15)7(4-12)5-13/h6-15H,1-5H2. The Bertz CT molecular complexity index is 130. The van der Waals surface area contributed by atoms with E-state index in [-0.39, 0.29) is 0 Å². The zero-order chi connectivity index (χ0) is 11.8. The quantitative estimate of drug-likeness (QED) is 0.364. The highest BCUT2D eigenvalue weighted by Gasteiger charge is 2.22. The maximum Gasteiger partial charge on any atom is 0.00712 e. The van der Waals surface area contributed by atoms with Crippen molar-refractivity contribution in [2.75, 3.05) is 23.0 Å². The van der Waals surface area contributed by atoms with E-state index in [1.165, 1.54) is 0 Å². The fourth-order valence-electron chi connectivity index (χ4n) is 1.23. The summed E-state index contributed by atoms with van der Waals surface area (Å²) in [6, 6.07) is 0. The van der Waals surface area contributed by atoms with Crippen molar-refractivity contribution in [2.24, 2.45) is 11.8 Å². The summed E-state index contributed by atoms with van der Waals surface area (Å²) in [4.78, 5) is 0. The predicted octanol–water partition coefficient (Wildman–Crippen LogP) is 2.92. The summed E-state index contributed by atoms with van der Waals surface area (Å²) < 4.78 is 0. The molecule has 0 aromatic rings. The molecule has 0 saturated heterocycles. The van der Waals surface area contributed by atoms with Crippen LogP contribution in [0.4, 0.5) is 0 Å². The van der Waals surface area contributed by atoms with Crippen molar-refractivity contribution >= 4 is 75.8 Å². The molecule has 0 aliphatic carbocycles. The van der Waals surface area contributed by atoms with Crippen molar-refractivity contribution < 1.29 is 0 Å². The van der Waals surface area contributed by atoms with E-state index in [2.05, 4.69) is 75.8 Å². The molecule has 0 heterocycles. The molecule has 0 N–H and O–H groups in total. The smallest absolute Gasteiger partial charge is 0.00712 e. The first-order chi connectivity index (χ1) is 7.10. The second kappa shape index (κ2) is 10.1. The van der Waals surface area contributed by atoms with Crippen LogP contribution in [0, 0.1) is 11.8 Å². The lowest BCUT2D eigenvalue weighted by atomic mass is 9.99. The number of hydrogen-bond donors (Lipinski definition) is 6. The van der Waals surface area contributed by atoms with Gasteiger partial charge >= 0.3 is 0 Å². The summed E-state index contributed by atoms with van der Waals surface area (Å²) in [5.74, 6) is 4.18. The van der Waals surface area contributed by atoms with Gasteiger partial charge in [0, 0.05) is 10.5 Å². The van der Waals surface area contributed by atoms with Crippen LogP contribution in [0.5, 0.6) is 0 Å². The molecule has 0 aromatic heterocycles. The van der Waals surface area contributed by atoms with Crippen LogP contribution < -0.4 is 0 Å². The molecule has 0 fully saturated rings. The van der Waals surface area contributed by atoms with Gasteiger partial charge in [0.15, 0.2) is 0 Å². The van der Waals surface area contributed by atoms with E-state index in [0.29, 0.717) is 22.3 Å². The molecule has 0 spiro atoms. The molecule has 0 nitrogen and oxygen atoms in total. The topological polar surface area (TPSA) is 0 Å². The SMILES string of the molecule is SCC(CS)C(S)CC(S)C(CS)CS. The van der Waals surface area contributed by atoms with Crippen molar-refractivity contribution in [2.45, 2.75) is 16.9 Å². The van der Waals surface area contributed by atoms with Gasteiger partial charge < -0.3 is 0 Å². The van der Waals surface area contributed by atoms with E-state index in [4.69, 9.17) is 0 Å². The van der Waals surface area contributed by atoms with E-state index < -0.39 is 0 Å². The highest BCUT2D eigenvalue weighted by Crippen LogP contribution is 2.25. The maximum atomic E-state index is 4.60. The first kappa shape index (κ1) is 17.1. The second-order valence-electron chi connectivity index (χ2n) is 3.62. The summed E-state index contributed by atoms with van der Waals surface area (Å²) in [6.45, 7) is 0. The lowest BCUT2D eigenvalue weighted by molar-refractivity contribution is 0.526. The minimum atomic E-state index is 0.310. The Morgan fingerprint density at radius 1 is 0.600 bits per heavy atom. The van der Waals surface area contributed by atoms with Crippen LogP contribution in [0.25, 0.3) is 0 Å². The molecule has 0 aliphatic rings. The monoisotopic (exact) mass is 320 g/mol. The molecule has 0 amide bonds. The van der Waals surface area contributed by atoms with E-state index >= 15 is 0 Å². The van der Waals surface area contributed by atoms with E-state index in [0.717, 1.165) is 29.4 Å². The molecule has 0 aromatic carbocycles. The highest BCUT2D eigenvalue weighted by atomic mass is 32.1. The van der Waals surface area contributed by atoms with Gasteiger partial charge in [0.1, 0.15) is 0 Å². The fourth-order valence-corrected chi connectivity index (χ4v) is 4.88. The molecular weight excluding hydrogens is 301 g/mol. The van der Waals surface area contributed by atoms with Crippen LogP contribution in [0.15, 0.2) is 0 Å². The lowest BCUT2D eigenvalue weighted by Gasteiger charge is -2.26. The maximum absolute atomic E-state index is 4.60. The molecule has 2 atom stereocenters. The average molecular weight is 321 g/mol. The Morgan fingerprint density at radius 3 is 1.07 bits per heavy atom. The molecule has 0 rings (SSSR count). The third-order valence-corrected chi connectivity index (χ3v) is 5.65. The van der Waals surface area contributed by atoms with Gasteiger partial charge in [-0.05, 0) is 41.3 Å². The zero-order valence-electron chi connectivity index (χ0n) is 8.53. The van der Waals surface area contributed by atoms with Crippen LogP contribution >= 0.6 is 75.8 Å². The largest absolute Gasteiger partial charge is 0.179 e. The molecule has 0 bridgehead atoms. The Balaban J connectivity index is 4.08. The van der Waals surface area contributed by atoms with Crippen molar-refractivity contribution in [3.05, 3.63) is 0 Å². The van der Waals surface area contributed by atoms with Crippen molar-refractivity contribution in [3.8, 4) is 0 Å². The molecule has 92 valence electrons. The molecule has 0 saturated carbocycles. The first-order valence-electron chi connectivity index (χ1n) is 4.90. The molecule has 0 radical (unpaired) electrons. The normalized spacial score (nSPS) is 16.0. The Morgan fingerprint density at radius 2 is 0.867 bits per heavy atom. The predicted molar refractivity (Wildman–Crippen MR) is 92.6 cm³/mol. The summed E-state index contributed by atoms with van der Waals surface area (Å²) >= 11 is 26.4. The lowest BCUT2D eigenvalue weighted by Crippen LogP contribution is -2.27. The molecule has 15 heavy (non-hydrogen) atoms. The van der Waals surface area contributed by atoms with Crippen molar-refractivity contribution in [1.82, 2.24) is 0 Å². The molecule has 6 heteroatoms. The van der Waals surface area contributed by atoms with Crippen LogP contribution in [-0.4, -0.2) is 33.5 Å². The minimum Gasteiger partial charge on any atom is -0.179 e. The summed E-state index contributed by atoms with van der Waals surface area (Å²) in [5.41, 5.74) is 0. The zero-order valence-corrected chi connectivity index (χ0v) is 13.9. The van der Waals surface area contributed by atoms with Crippen LogP contribution in [0.1, 0.15) is 6.42 Å². The third kappa shape index (κ3) is 6.55. The van der Waals surface area contributed by atoms with Crippen LogP contribution in [-0.2, 0) is 0 Å². The van der Waals surface area contributed by atoms with E-state index in [1.54, 1.807) is 0 Å². The first-order valence-corrected chi connectivity index (χ1v) is 8.46. The number of rotatable bonds is 8. The van der Waals surface area contributed by atoms with Gasteiger partial charge in [-0.1, -0.05) is 0 Å². The van der Waals surface area contributed by atoms with Crippen LogP contribution in [0.3, 0.4) is 0 Å². The van der Waals surface area contributed by atoms with Gasteiger partial charge in [-0.25, -0.2) is 0 Å². The number of hydrogen-bond acceptors (Lipinski definition) is 6. The highest BCUT2D eigenvalue weighted by molar-refractivity contribution is 7.83. The average Bonchev–Trinajstić information content (AvgIpc) is 2.21. The summed E-state index contributed by atoms with van der Waals surface area (Å²) in [6.07, 6.45) is 0.962. The Kier molecular flexibility index (Phi) is 11.5. The molecule has 0 aliphatic heterocycles. The minimum absolute atomic E-state index is 0.310. The van der Waals surface area contributed by atoms with Gasteiger partial charge in [0.05, 0.1) is 0 Å². The van der Waals surface area contributed by atoms with Crippen molar-refractivity contribution in [1.29, 1.82) is 0 Å². The fraction of sp³-hybridized carbons (Fsp3) is 1.00. The molecule has 2 unspecified atom stereocenters. The second-order valence-corrected chi connectivity index (χ2v) is 6.41. The Hall–Kier alpha value is 2.10. The molecular formula is C9H20S6. The summed E-state index contributed by atoms with van der Waals surface area (Å²) in [5, 5.41) is 0.620. The van der Waals surface area contributed by atoms with Gasteiger partial charge in [-0.15, -0.1) is 0 Å². The summed E-state index contributed by atoms with van der Waals surface area (Å²) in [7, 11) is 0. The van der Waals surface area contributed by atoms with Gasteiger partial charge in [0.2, 0.25) is 0 Å². The van der Waals surface area contributed by atoms with E-state index in [1.807, 2.05) is 0 Å². The third-order valence-electron chi connectivity index (χ3n) is 2.51. The van der Waals surface area contributed by atoms with Gasteiger partial charge in [-0.2, -0.15) is 75.8 Å².